The number of hydrogen-bond acceptors (Lipinski definition) is 3. The third kappa shape index (κ3) is 13.4. The van der Waals surface area contributed by atoms with E-state index in [9.17, 15) is 0 Å². The van der Waals surface area contributed by atoms with Gasteiger partial charge in [0.2, 0.25) is 0 Å². The van der Waals surface area contributed by atoms with E-state index in [0.29, 0.717) is 0 Å². The fourth-order valence-electron chi connectivity index (χ4n) is 2.13. The summed E-state index contributed by atoms with van der Waals surface area (Å²) in [6.45, 7) is 2.88. The van der Waals surface area contributed by atoms with Gasteiger partial charge in [-0.2, -0.15) is 10.5 Å². The van der Waals surface area contributed by atoms with Gasteiger partial charge >= 0.3 is 0 Å². The summed E-state index contributed by atoms with van der Waals surface area (Å²) in [5.41, 5.74) is 1.38. The first kappa shape index (κ1) is 21.7. The van der Waals surface area contributed by atoms with Crippen LogP contribution < -0.4 is 0 Å². The summed E-state index contributed by atoms with van der Waals surface area (Å²) in [6.07, 6.45) is 22.9. The minimum absolute atomic E-state index is 1.14. The van der Waals surface area contributed by atoms with Crippen molar-refractivity contribution in [2.45, 2.75) is 70.8 Å². The molecule has 0 heterocycles. The molecule has 0 unspecified atom stereocenters. The van der Waals surface area contributed by atoms with Crippen LogP contribution in [0.5, 0.6) is 0 Å². The second kappa shape index (κ2) is 13.2. The van der Waals surface area contributed by atoms with E-state index < -0.39 is 5.60 Å². The molecular formula is C21H28N2O. The van der Waals surface area contributed by atoms with Gasteiger partial charge in [-0.05, 0) is 76.9 Å². The Kier molecular flexibility index (Phi) is 11.9. The van der Waals surface area contributed by atoms with Gasteiger partial charge in [-0.15, -0.1) is 6.42 Å². The number of aliphatic hydroxyl groups is 1. The molecule has 1 N–H and O–H groups in total. The number of hydrogen-bond donors (Lipinski definition) is 1. The molecule has 2 aliphatic rings. The van der Waals surface area contributed by atoms with Crippen molar-refractivity contribution in [2.75, 3.05) is 0 Å². The van der Waals surface area contributed by atoms with Crippen molar-refractivity contribution in [1.82, 2.24) is 0 Å². The van der Waals surface area contributed by atoms with Crippen molar-refractivity contribution in [3.63, 3.8) is 0 Å². The Bertz CT molecular complexity index is 569. The number of terminal acetylenes is 1. The summed E-state index contributed by atoms with van der Waals surface area (Å²) in [4.78, 5) is 0. The van der Waals surface area contributed by atoms with Gasteiger partial charge in [0, 0.05) is 6.08 Å². The van der Waals surface area contributed by atoms with E-state index in [4.69, 9.17) is 22.1 Å². The predicted molar refractivity (Wildman–Crippen MR) is 98.6 cm³/mol. The number of rotatable bonds is 1. The zero-order chi connectivity index (χ0) is 18.3. The first-order valence-corrected chi connectivity index (χ1v) is 8.47. The van der Waals surface area contributed by atoms with Crippen LogP contribution in [0.15, 0.2) is 35.5 Å². The largest absolute Gasteiger partial charge is 0.376 e. The molecule has 24 heavy (non-hydrogen) atoms. The number of nitriles is 2. The van der Waals surface area contributed by atoms with Gasteiger partial charge in [0.15, 0.2) is 0 Å². The number of nitrogens with zero attached hydrogens (tertiary/aromatic N) is 2. The minimum Gasteiger partial charge on any atom is -0.376 e. The average molecular weight is 324 g/mol. The molecule has 0 fully saturated rings. The highest BCUT2D eigenvalue weighted by atomic mass is 16.3. The van der Waals surface area contributed by atoms with Crippen molar-refractivity contribution in [3.05, 3.63) is 35.5 Å². The van der Waals surface area contributed by atoms with Gasteiger partial charge in [-0.1, -0.05) is 23.6 Å². The Balaban J connectivity index is 0.000000343. The molecule has 0 saturated heterocycles. The topological polar surface area (TPSA) is 67.8 Å². The second-order valence-corrected chi connectivity index (χ2v) is 6.28. The van der Waals surface area contributed by atoms with Crippen LogP contribution in [0.25, 0.3) is 0 Å². The predicted octanol–water partition coefficient (Wildman–Crippen LogP) is 4.97. The minimum atomic E-state index is -1.15. The van der Waals surface area contributed by atoms with Gasteiger partial charge in [0.05, 0.1) is 12.1 Å². The maximum Gasteiger partial charge on any atom is 0.145 e. The highest BCUT2D eigenvalue weighted by Gasteiger charge is 2.07. The van der Waals surface area contributed by atoms with Gasteiger partial charge in [-0.25, -0.2) is 0 Å². The maximum atomic E-state index is 8.47. The standard InChI is InChI=1S/C9H11N.C8H10.C4H7NO/c10-8-4-7-9-5-2-1-3-6-9;1-2-8-6-4-3-5-7-8;1-4(2,6)3-5/h4-5,7H,1-3,6H2;1,6H,3-5,7H2;6H,1-2H3/b7-4+;;. The lowest BCUT2D eigenvalue weighted by molar-refractivity contribution is 0.141. The maximum absolute atomic E-state index is 8.47. The zero-order valence-corrected chi connectivity index (χ0v) is 14.9. The van der Waals surface area contributed by atoms with Crippen molar-refractivity contribution in [1.29, 1.82) is 10.5 Å². The van der Waals surface area contributed by atoms with E-state index in [-0.39, 0.29) is 0 Å². The van der Waals surface area contributed by atoms with Crippen LogP contribution in [-0.4, -0.2) is 10.7 Å². The molecule has 2 rings (SSSR count). The molecule has 0 amide bonds. The van der Waals surface area contributed by atoms with Crippen LogP contribution in [0.1, 0.15) is 65.2 Å². The summed E-state index contributed by atoms with van der Waals surface area (Å²) in [7, 11) is 0. The molecule has 3 nitrogen and oxygen atoms in total. The molecule has 0 radical (unpaired) electrons. The lowest BCUT2D eigenvalue weighted by Crippen LogP contribution is -2.13. The fraction of sp³-hybridized carbons (Fsp3) is 0.524. The van der Waals surface area contributed by atoms with E-state index in [0.717, 1.165) is 12.8 Å². The summed E-state index contributed by atoms with van der Waals surface area (Å²) >= 11 is 0. The van der Waals surface area contributed by atoms with Crippen LogP contribution in [-0.2, 0) is 0 Å². The molecule has 3 heteroatoms. The van der Waals surface area contributed by atoms with Crippen LogP contribution in [0.2, 0.25) is 0 Å². The molecule has 0 aliphatic heterocycles. The highest BCUT2D eigenvalue weighted by Crippen LogP contribution is 2.17. The van der Waals surface area contributed by atoms with Crippen LogP contribution in [0, 0.1) is 35.0 Å². The van der Waals surface area contributed by atoms with Gasteiger partial charge in [0.25, 0.3) is 0 Å². The molecule has 0 aromatic carbocycles. The normalized spacial score (nSPS) is 16.7. The second-order valence-electron chi connectivity index (χ2n) is 6.28. The lowest BCUT2D eigenvalue weighted by atomic mass is 9.99. The van der Waals surface area contributed by atoms with Gasteiger partial charge in [0.1, 0.15) is 5.60 Å². The van der Waals surface area contributed by atoms with E-state index in [1.165, 1.54) is 63.5 Å². The van der Waals surface area contributed by atoms with Crippen LogP contribution in [0.3, 0.4) is 0 Å². The lowest BCUT2D eigenvalue weighted by Gasteiger charge is -2.06. The van der Waals surface area contributed by atoms with Crippen molar-refractivity contribution >= 4 is 0 Å². The Labute approximate surface area is 147 Å². The third-order valence-corrected chi connectivity index (χ3v) is 3.45. The van der Waals surface area contributed by atoms with E-state index in [1.807, 2.05) is 12.1 Å². The Hall–Kier alpha value is -2.28. The molecule has 0 saturated carbocycles. The molecule has 0 aromatic rings. The van der Waals surface area contributed by atoms with Crippen LogP contribution in [0.4, 0.5) is 0 Å². The van der Waals surface area contributed by atoms with E-state index in [1.54, 1.807) is 12.1 Å². The first-order valence-electron chi connectivity index (χ1n) is 8.47. The molecular weight excluding hydrogens is 296 g/mol. The summed E-state index contributed by atoms with van der Waals surface area (Å²) in [5, 5.41) is 24.6. The Morgan fingerprint density at radius 1 is 1.08 bits per heavy atom. The van der Waals surface area contributed by atoms with Gasteiger partial charge in [-0.3, -0.25) is 0 Å². The Morgan fingerprint density at radius 2 is 1.67 bits per heavy atom. The highest BCUT2D eigenvalue weighted by molar-refractivity contribution is 5.26. The van der Waals surface area contributed by atoms with Crippen molar-refractivity contribution in [2.24, 2.45) is 0 Å². The fourth-order valence-corrected chi connectivity index (χ4v) is 2.13. The molecule has 2 aliphatic carbocycles. The van der Waals surface area contributed by atoms with Gasteiger partial charge < -0.3 is 5.11 Å². The van der Waals surface area contributed by atoms with E-state index >= 15 is 0 Å². The van der Waals surface area contributed by atoms with Crippen LogP contribution >= 0.6 is 0 Å². The monoisotopic (exact) mass is 324 g/mol. The summed E-state index contributed by atoms with van der Waals surface area (Å²) in [5.74, 6) is 2.66. The third-order valence-electron chi connectivity index (χ3n) is 3.45. The smallest absolute Gasteiger partial charge is 0.145 e. The SMILES string of the molecule is C#CC1=CCCCC1.CC(C)(O)C#N.N#C/C=C/C1=CCCCC1. The summed E-state index contributed by atoms with van der Waals surface area (Å²) in [6, 6.07) is 3.65. The average Bonchev–Trinajstić information content (AvgIpc) is 2.62. The van der Waals surface area contributed by atoms with E-state index in [2.05, 4.69) is 18.1 Å². The Morgan fingerprint density at radius 3 is 2.00 bits per heavy atom. The molecule has 0 aromatic heterocycles. The number of allylic oxidation sites excluding steroid dienone is 6. The molecule has 0 bridgehead atoms. The molecule has 128 valence electrons. The van der Waals surface area contributed by atoms with Crippen molar-refractivity contribution < 1.29 is 5.11 Å². The quantitative estimate of drug-likeness (QED) is 0.421. The molecule has 0 spiro atoms. The summed E-state index contributed by atoms with van der Waals surface area (Å²) < 4.78 is 0. The first-order chi connectivity index (χ1) is 11.4. The van der Waals surface area contributed by atoms with Crippen molar-refractivity contribution in [3.8, 4) is 24.5 Å². The zero-order valence-electron chi connectivity index (χ0n) is 14.9. The molecule has 0 atom stereocenters.